The van der Waals surface area contributed by atoms with Gasteiger partial charge in [-0.25, -0.2) is 0 Å². The van der Waals surface area contributed by atoms with Crippen LogP contribution in [0.25, 0.3) is 0 Å². The molecular formula is C13H26N2O. The summed E-state index contributed by atoms with van der Waals surface area (Å²) in [5.41, 5.74) is 6.16. The molecule has 16 heavy (non-hydrogen) atoms. The van der Waals surface area contributed by atoms with E-state index in [1.165, 1.54) is 6.42 Å². The second kappa shape index (κ2) is 5.67. The lowest BCUT2D eigenvalue weighted by Crippen LogP contribution is -2.51. The summed E-state index contributed by atoms with van der Waals surface area (Å²) in [6, 6.07) is 0.166. The van der Waals surface area contributed by atoms with Gasteiger partial charge in [0.05, 0.1) is 0 Å². The summed E-state index contributed by atoms with van der Waals surface area (Å²) in [7, 11) is 0. The first-order valence-electron chi connectivity index (χ1n) is 6.46. The molecule has 1 amide bonds. The third-order valence-corrected chi connectivity index (χ3v) is 3.39. The Morgan fingerprint density at radius 1 is 1.38 bits per heavy atom. The first-order chi connectivity index (χ1) is 7.41. The average molecular weight is 226 g/mol. The highest BCUT2D eigenvalue weighted by Crippen LogP contribution is 2.24. The minimum absolute atomic E-state index is 0.0915. The van der Waals surface area contributed by atoms with E-state index in [1.807, 2.05) is 18.7 Å². The van der Waals surface area contributed by atoms with Crippen LogP contribution in [0.15, 0.2) is 0 Å². The van der Waals surface area contributed by atoms with Gasteiger partial charge in [0, 0.05) is 25.0 Å². The largest absolute Gasteiger partial charge is 0.341 e. The SMILES string of the molecule is CC(C)CC1CCN(C(=O)C(C)C)CC1N. The Balaban J connectivity index is 2.48. The molecule has 1 aliphatic rings. The topological polar surface area (TPSA) is 46.3 Å². The minimum atomic E-state index is 0.0915. The Morgan fingerprint density at radius 3 is 2.44 bits per heavy atom. The molecule has 1 heterocycles. The average Bonchev–Trinajstić information content (AvgIpc) is 2.19. The van der Waals surface area contributed by atoms with E-state index in [4.69, 9.17) is 5.73 Å². The van der Waals surface area contributed by atoms with Crippen molar-refractivity contribution in [3.8, 4) is 0 Å². The molecule has 2 atom stereocenters. The van der Waals surface area contributed by atoms with E-state index in [0.717, 1.165) is 19.5 Å². The van der Waals surface area contributed by atoms with Crippen molar-refractivity contribution < 1.29 is 4.79 Å². The predicted octanol–water partition coefficient (Wildman–Crippen LogP) is 1.86. The highest BCUT2D eigenvalue weighted by atomic mass is 16.2. The van der Waals surface area contributed by atoms with Gasteiger partial charge in [-0.2, -0.15) is 0 Å². The number of rotatable bonds is 3. The zero-order valence-corrected chi connectivity index (χ0v) is 11.1. The van der Waals surface area contributed by atoms with E-state index in [-0.39, 0.29) is 17.9 Å². The Hall–Kier alpha value is -0.570. The van der Waals surface area contributed by atoms with Gasteiger partial charge in [-0.05, 0) is 24.7 Å². The normalized spacial score (nSPS) is 26.6. The zero-order chi connectivity index (χ0) is 12.3. The van der Waals surface area contributed by atoms with Crippen molar-refractivity contribution in [1.29, 1.82) is 0 Å². The maximum atomic E-state index is 11.8. The molecule has 0 radical (unpaired) electrons. The van der Waals surface area contributed by atoms with E-state index in [9.17, 15) is 4.79 Å². The number of nitrogens with two attached hydrogens (primary N) is 1. The number of carbonyl (C=O) groups excluding carboxylic acids is 1. The fourth-order valence-corrected chi connectivity index (χ4v) is 2.49. The number of carbonyl (C=O) groups is 1. The molecule has 0 aromatic heterocycles. The summed E-state index contributed by atoms with van der Waals surface area (Å²) in [5, 5.41) is 0. The van der Waals surface area contributed by atoms with Crippen LogP contribution in [0.4, 0.5) is 0 Å². The molecule has 1 aliphatic heterocycles. The van der Waals surface area contributed by atoms with Crippen LogP contribution < -0.4 is 5.73 Å². The van der Waals surface area contributed by atoms with Gasteiger partial charge in [0.15, 0.2) is 0 Å². The molecule has 2 unspecified atom stereocenters. The van der Waals surface area contributed by atoms with Gasteiger partial charge in [0.2, 0.25) is 5.91 Å². The summed E-state index contributed by atoms with van der Waals surface area (Å²) < 4.78 is 0. The van der Waals surface area contributed by atoms with Crippen LogP contribution >= 0.6 is 0 Å². The Kier molecular flexibility index (Phi) is 4.78. The van der Waals surface area contributed by atoms with Gasteiger partial charge < -0.3 is 10.6 Å². The van der Waals surface area contributed by atoms with Gasteiger partial charge in [-0.15, -0.1) is 0 Å². The number of likely N-dealkylation sites (tertiary alicyclic amines) is 1. The first kappa shape index (κ1) is 13.5. The molecule has 0 aromatic rings. The van der Waals surface area contributed by atoms with Crippen molar-refractivity contribution in [2.75, 3.05) is 13.1 Å². The second-order valence-electron chi connectivity index (χ2n) is 5.78. The number of piperidine rings is 1. The standard InChI is InChI=1S/C13H26N2O/c1-9(2)7-11-5-6-15(8-12(11)14)13(16)10(3)4/h9-12H,5-8,14H2,1-4H3. The van der Waals surface area contributed by atoms with Gasteiger partial charge in [-0.1, -0.05) is 27.7 Å². The van der Waals surface area contributed by atoms with Crippen LogP contribution in [0.3, 0.4) is 0 Å². The molecule has 3 nitrogen and oxygen atoms in total. The predicted molar refractivity (Wildman–Crippen MR) is 67.0 cm³/mol. The summed E-state index contributed by atoms with van der Waals surface area (Å²) in [6.45, 7) is 10.0. The lowest BCUT2D eigenvalue weighted by atomic mass is 9.85. The number of hydrogen-bond donors (Lipinski definition) is 1. The lowest BCUT2D eigenvalue weighted by Gasteiger charge is -2.38. The second-order valence-corrected chi connectivity index (χ2v) is 5.78. The third kappa shape index (κ3) is 3.48. The van der Waals surface area contributed by atoms with Crippen LogP contribution in [0.5, 0.6) is 0 Å². The van der Waals surface area contributed by atoms with Gasteiger partial charge in [0.1, 0.15) is 0 Å². The van der Waals surface area contributed by atoms with Crippen molar-refractivity contribution in [1.82, 2.24) is 4.90 Å². The van der Waals surface area contributed by atoms with Crippen molar-refractivity contribution in [2.24, 2.45) is 23.5 Å². The Bertz CT molecular complexity index is 238. The van der Waals surface area contributed by atoms with E-state index in [1.54, 1.807) is 0 Å². The molecule has 1 fully saturated rings. The van der Waals surface area contributed by atoms with Crippen LogP contribution in [0, 0.1) is 17.8 Å². The van der Waals surface area contributed by atoms with Gasteiger partial charge in [0.25, 0.3) is 0 Å². The number of hydrogen-bond acceptors (Lipinski definition) is 2. The Morgan fingerprint density at radius 2 is 2.00 bits per heavy atom. The molecule has 94 valence electrons. The molecule has 1 saturated heterocycles. The molecule has 0 saturated carbocycles. The zero-order valence-electron chi connectivity index (χ0n) is 11.1. The van der Waals surface area contributed by atoms with Crippen molar-refractivity contribution >= 4 is 5.91 Å². The molecular weight excluding hydrogens is 200 g/mol. The molecule has 1 rings (SSSR count). The number of nitrogens with zero attached hydrogens (tertiary/aromatic N) is 1. The molecule has 0 bridgehead atoms. The third-order valence-electron chi connectivity index (χ3n) is 3.39. The maximum Gasteiger partial charge on any atom is 0.225 e. The highest BCUT2D eigenvalue weighted by molar-refractivity contribution is 5.78. The van der Waals surface area contributed by atoms with Crippen LogP contribution in [-0.2, 0) is 4.79 Å². The van der Waals surface area contributed by atoms with Crippen LogP contribution in [0.2, 0.25) is 0 Å². The van der Waals surface area contributed by atoms with Gasteiger partial charge >= 0.3 is 0 Å². The van der Waals surface area contributed by atoms with Crippen molar-refractivity contribution in [3.05, 3.63) is 0 Å². The van der Waals surface area contributed by atoms with E-state index < -0.39 is 0 Å². The summed E-state index contributed by atoms with van der Waals surface area (Å²) in [6.07, 6.45) is 2.25. The Labute approximate surface area is 99.4 Å². The monoisotopic (exact) mass is 226 g/mol. The van der Waals surface area contributed by atoms with Crippen molar-refractivity contribution in [3.63, 3.8) is 0 Å². The van der Waals surface area contributed by atoms with E-state index in [0.29, 0.717) is 11.8 Å². The first-order valence-corrected chi connectivity index (χ1v) is 6.46. The maximum absolute atomic E-state index is 11.8. The summed E-state index contributed by atoms with van der Waals surface area (Å²) in [5.74, 6) is 1.63. The molecule has 0 spiro atoms. The van der Waals surface area contributed by atoms with Gasteiger partial charge in [-0.3, -0.25) is 4.79 Å². The van der Waals surface area contributed by atoms with Crippen molar-refractivity contribution in [2.45, 2.75) is 46.6 Å². The fraction of sp³-hybridized carbons (Fsp3) is 0.923. The van der Waals surface area contributed by atoms with Crippen LogP contribution in [-0.4, -0.2) is 29.9 Å². The summed E-state index contributed by atoms with van der Waals surface area (Å²) >= 11 is 0. The highest BCUT2D eigenvalue weighted by Gasteiger charge is 2.29. The number of amides is 1. The molecule has 0 aliphatic carbocycles. The smallest absolute Gasteiger partial charge is 0.225 e. The fourth-order valence-electron chi connectivity index (χ4n) is 2.49. The molecule has 0 aromatic carbocycles. The molecule has 2 N–H and O–H groups in total. The van der Waals surface area contributed by atoms with E-state index in [2.05, 4.69) is 13.8 Å². The van der Waals surface area contributed by atoms with Crippen LogP contribution in [0.1, 0.15) is 40.5 Å². The minimum Gasteiger partial charge on any atom is -0.341 e. The molecule has 3 heteroatoms. The summed E-state index contributed by atoms with van der Waals surface area (Å²) in [4.78, 5) is 13.8. The lowest BCUT2D eigenvalue weighted by molar-refractivity contribution is -0.136. The van der Waals surface area contributed by atoms with E-state index >= 15 is 0 Å². The quantitative estimate of drug-likeness (QED) is 0.798.